The molecule has 1 aromatic carbocycles. The van der Waals surface area contributed by atoms with Gasteiger partial charge < -0.3 is 9.88 Å². The summed E-state index contributed by atoms with van der Waals surface area (Å²) in [6, 6.07) is 6.38. The van der Waals surface area contributed by atoms with Crippen molar-refractivity contribution < 1.29 is 4.39 Å². The van der Waals surface area contributed by atoms with Gasteiger partial charge in [0.25, 0.3) is 0 Å². The van der Waals surface area contributed by atoms with Crippen LogP contribution in [0.4, 0.5) is 10.3 Å². The maximum atomic E-state index is 13.4. The molecule has 3 aromatic rings. The van der Waals surface area contributed by atoms with Gasteiger partial charge in [-0.2, -0.15) is 4.91 Å². The molecule has 1 aliphatic carbocycles. The van der Waals surface area contributed by atoms with Gasteiger partial charge in [-0.1, -0.05) is 18.5 Å². The normalized spacial score (nSPS) is 19.4. The fourth-order valence-electron chi connectivity index (χ4n) is 4.10. The minimum atomic E-state index is -0.260. The zero-order valence-electron chi connectivity index (χ0n) is 16.6. The van der Waals surface area contributed by atoms with Crippen LogP contribution in [0.15, 0.2) is 41.8 Å². The molecule has 0 saturated heterocycles. The Labute approximate surface area is 169 Å². The maximum absolute atomic E-state index is 13.4. The van der Waals surface area contributed by atoms with Crippen LogP contribution in [0.2, 0.25) is 0 Å². The van der Waals surface area contributed by atoms with E-state index < -0.39 is 0 Å². The van der Waals surface area contributed by atoms with Gasteiger partial charge in [0.2, 0.25) is 5.95 Å². The van der Waals surface area contributed by atoms with Crippen LogP contribution < -0.4 is 5.32 Å². The molecule has 1 saturated carbocycles. The zero-order valence-corrected chi connectivity index (χ0v) is 16.6. The minimum Gasteiger partial charge on any atom is -0.354 e. The van der Waals surface area contributed by atoms with E-state index in [0.717, 1.165) is 67.4 Å². The summed E-state index contributed by atoms with van der Waals surface area (Å²) in [5, 5.41) is 6.53. The average Bonchev–Trinajstić information content (AvgIpc) is 3.13. The second-order valence-corrected chi connectivity index (χ2v) is 7.75. The first kappa shape index (κ1) is 19.5. The Morgan fingerprint density at radius 1 is 1.21 bits per heavy atom. The van der Waals surface area contributed by atoms with Crippen molar-refractivity contribution >= 4 is 17.0 Å². The van der Waals surface area contributed by atoms with E-state index in [1.807, 2.05) is 10.8 Å². The van der Waals surface area contributed by atoms with Crippen molar-refractivity contribution in [1.82, 2.24) is 14.5 Å². The molecule has 6 nitrogen and oxygen atoms in total. The molecule has 1 fully saturated rings. The fraction of sp³-hybridized carbons (Fsp3) is 0.455. The number of nitrogens with one attached hydrogen (secondary N) is 1. The molecular formula is C22H26FN5O. The van der Waals surface area contributed by atoms with Crippen LogP contribution >= 0.6 is 0 Å². The molecule has 2 aromatic heterocycles. The Bertz CT molecular complexity index is 977. The van der Waals surface area contributed by atoms with Crippen LogP contribution in [-0.2, 0) is 0 Å². The monoisotopic (exact) mass is 395 g/mol. The van der Waals surface area contributed by atoms with Crippen LogP contribution in [0.1, 0.15) is 56.9 Å². The molecule has 1 aliphatic rings. The molecule has 7 heteroatoms. The van der Waals surface area contributed by atoms with E-state index in [1.165, 1.54) is 12.1 Å². The third-order valence-corrected chi connectivity index (χ3v) is 5.77. The molecule has 0 unspecified atom stereocenters. The Morgan fingerprint density at radius 3 is 2.66 bits per heavy atom. The summed E-state index contributed by atoms with van der Waals surface area (Å²) >= 11 is 0. The highest BCUT2D eigenvalue weighted by atomic mass is 19.1. The first-order valence-electron chi connectivity index (χ1n) is 10.4. The fourth-order valence-corrected chi connectivity index (χ4v) is 4.10. The highest BCUT2D eigenvalue weighted by Gasteiger charge is 2.26. The van der Waals surface area contributed by atoms with Gasteiger partial charge in [0.1, 0.15) is 5.82 Å². The number of benzene rings is 1. The molecule has 29 heavy (non-hydrogen) atoms. The smallest absolute Gasteiger partial charge is 0.223 e. The number of unbranched alkanes of at least 4 members (excludes halogenated alkanes) is 1. The predicted molar refractivity (Wildman–Crippen MR) is 113 cm³/mol. The number of halogens is 1. The number of hydrogen-bond donors (Lipinski definition) is 1. The van der Waals surface area contributed by atoms with Gasteiger partial charge in [0.15, 0.2) is 0 Å². The number of hydrogen-bond acceptors (Lipinski definition) is 5. The van der Waals surface area contributed by atoms with Crippen molar-refractivity contribution in [3.63, 3.8) is 0 Å². The lowest BCUT2D eigenvalue weighted by molar-refractivity contribution is 0.396. The Kier molecular flexibility index (Phi) is 5.83. The Morgan fingerprint density at radius 2 is 1.97 bits per heavy atom. The molecule has 0 spiro atoms. The van der Waals surface area contributed by atoms with Gasteiger partial charge in [-0.15, -0.1) is 0 Å². The first-order chi connectivity index (χ1) is 14.2. The second-order valence-electron chi connectivity index (χ2n) is 7.75. The van der Waals surface area contributed by atoms with E-state index in [2.05, 4.69) is 28.6 Å². The number of anilines is 1. The SMILES string of the molecule is CCCCNc1ncc2c(n1)c(C1CCC(N=O)CC1)cn2-c1ccc(F)cc1. The van der Waals surface area contributed by atoms with E-state index in [0.29, 0.717) is 11.9 Å². The molecular weight excluding hydrogens is 369 g/mol. The number of nitrogens with zero attached hydrogens (tertiary/aromatic N) is 4. The van der Waals surface area contributed by atoms with E-state index in [-0.39, 0.29) is 11.9 Å². The Balaban J connectivity index is 1.74. The topological polar surface area (TPSA) is 72.2 Å². The predicted octanol–water partition coefficient (Wildman–Crippen LogP) is 5.56. The summed E-state index contributed by atoms with van der Waals surface area (Å²) < 4.78 is 15.4. The van der Waals surface area contributed by atoms with Gasteiger partial charge >= 0.3 is 0 Å². The largest absolute Gasteiger partial charge is 0.354 e. The van der Waals surface area contributed by atoms with E-state index >= 15 is 0 Å². The summed E-state index contributed by atoms with van der Waals surface area (Å²) in [5.74, 6) is 0.701. The van der Waals surface area contributed by atoms with Crippen molar-refractivity contribution in [2.75, 3.05) is 11.9 Å². The van der Waals surface area contributed by atoms with Crippen LogP contribution in [-0.4, -0.2) is 27.1 Å². The van der Waals surface area contributed by atoms with Gasteiger partial charge in [-0.05, 0) is 67.9 Å². The summed E-state index contributed by atoms with van der Waals surface area (Å²) in [5.41, 5.74) is 3.87. The van der Waals surface area contributed by atoms with Crippen molar-refractivity contribution in [3.8, 4) is 5.69 Å². The highest BCUT2D eigenvalue weighted by molar-refractivity contribution is 5.82. The van der Waals surface area contributed by atoms with Crippen molar-refractivity contribution in [2.45, 2.75) is 57.4 Å². The van der Waals surface area contributed by atoms with Gasteiger partial charge in [-0.25, -0.2) is 14.4 Å². The lowest BCUT2D eigenvalue weighted by atomic mass is 9.82. The van der Waals surface area contributed by atoms with Crippen LogP contribution in [0.3, 0.4) is 0 Å². The first-order valence-corrected chi connectivity index (χ1v) is 10.4. The molecule has 4 rings (SSSR count). The molecule has 2 heterocycles. The summed E-state index contributed by atoms with van der Waals surface area (Å²) in [7, 11) is 0. The quantitative estimate of drug-likeness (QED) is 0.420. The van der Waals surface area contributed by atoms with Crippen LogP contribution in [0, 0.1) is 10.7 Å². The lowest BCUT2D eigenvalue weighted by Crippen LogP contribution is -2.15. The molecule has 1 N–H and O–H groups in total. The molecule has 0 aliphatic heterocycles. The van der Waals surface area contributed by atoms with Crippen molar-refractivity contribution in [1.29, 1.82) is 0 Å². The average molecular weight is 395 g/mol. The van der Waals surface area contributed by atoms with Crippen molar-refractivity contribution in [2.24, 2.45) is 5.18 Å². The second kappa shape index (κ2) is 8.68. The highest BCUT2D eigenvalue weighted by Crippen LogP contribution is 2.38. The van der Waals surface area contributed by atoms with Crippen LogP contribution in [0.25, 0.3) is 16.7 Å². The van der Waals surface area contributed by atoms with E-state index in [1.54, 1.807) is 12.1 Å². The maximum Gasteiger partial charge on any atom is 0.223 e. The summed E-state index contributed by atoms with van der Waals surface area (Å²) in [6.07, 6.45) is 9.56. The molecule has 0 radical (unpaired) electrons. The number of aromatic nitrogens is 3. The number of nitroso groups, excluding NO2 is 1. The minimum absolute atomic E-state index is 0.0717. The molecule has 0 amide bonds. The van der Waals surface area contributed by atoms with E-state index in [9.17, 15) is 9.30 Å². The third-order valence-electron chi connectivity index (χ3n) is 5.77. The van der Waals surface area contributed by atoms with Gasteiger partial charge in [0, 0.05) is 18.4 Å². The zero-order chi connectivity index (χ0) is 20.2. The third kappa shape index (κ3) is 4.13. The van der Waals surface area contributed by atoms with Crippen molar-refractivity contribution in [3.05, 3.63) is 52.9 Å². The van der Waals surface area contributed by atoms with Gasteiger partial charge in [0.05, 0.1) is 23.3 Å². The summed E-state index contributed by atoms with van der Waals surface area (Å²) in [6.45, 7) is 2.99. The Hall–Kier alpha value is -2.83. The molecule has 152 valence electrons. The lowest BCUT2D eigenvalue weighted by Gasteiger charge is -2.24. The standard InChI is InChI=1S/C22H26FN5O/c1-2-3-12-24-22-25-13-20-21(26-22)19(15-4-8-17(27-29)9-5-15)14-28(20)18-10-6-16(23)7-11-18/h6-7,10-11,13-15,17H,2-5,8-9,12H2,1H3,(H,24,25,26). The molecule has 0 atom stereocenters. The number of fused-ring (bicyclic) bond motifs is 1. The van der Waals surface area contributed by atoms with Crippen LogP contribution in [0.5, 0.6) is 0 Å². The molecule has 0 bridgehead atoms. The number of rotatable bonds is 7. The van der Waals surface area contributed by atoms with Gasteiger partial charge in [-0.3, -0.25) is 0 Å². The van der Waals surface area contributed by atoms with E-state index in [4.69, 9.17) is 4.98 Å². The summed E-state index contributed by atoms with van der Waals surface area (Å²) in [4.78, 5) is 20.2.